The van der Waals surface area contributed by atoms with Crippen LogP contribution in [0.25, 0.3) is 0 Å². The minimum atomic E-state index is -0.701. The van der Waals surface area contributed by atoms with E-state index in [2.05, 4.69) is 10.6 Å². The predicted molar refractivity (Wildman–Crippen MR) is 86.2 cm³/mol. The molecule has 0 fully saturated rings. The van der Waals surface area contributed by atoms with Crippen LogP contribution in [0.5, 0.6) is 0 Å². The van der Waals surface area contributed by atoms with Crippen LogP contribution in [-0.2, 0) is 9.59 Å². The molecule has 0 aromatic rings. The highest BCUT2D eigenvalue weighted by Crippen LogP contribution is 2.22. The Hall–Kier alpha value is -1.14. The maximum absolute atomic E-state index is 12.1. The minimum absolute atomic E-state index is 0.217. The standard InChI is InChI=1S/C16H32N2O4/c1-10(17-14(22)16(5,6)7)13(21)18-11(9-19)8-12(20)15(2,3)4/h10-12,19-20H,8-9H2,1-7H3,(H,17,22)(H,18,21)/t10-,11-,12+/m0/s1. The number of nitrogens with one attached hydrogen (secondary N) is 2. The molecule has 0 aliphatic heterocycles. The zero-order valence-electron chi connectivity index (χ0n) is 14.9. The van der Waals surface area contributed by atoms with Gasteiger partial charge in [-0.25, -0.2) is 0 Å². The summed E-state index contributed by atoms with van der Waals surface area (Å²) in [6, 6.07) is -1.25. The van der Waals surface area contributed by atoms with Gasteiger partial charge in [-0.05, 0) is 18.8 Å². The summed E-state index contributed by atoms with van der Waals surface area (Å²) in [5.41, 5.74) is -0.905. The number of amides is 2. The zero-order chi connectivity index (χ0) is 17.7. The highest BCUT2D eigenvalue weighted by Gasteiger charge is 2.28. The first-order valence-electron chi connectivity index (χ1n) is 7.69. The molecule has 2 amide bonds. The van der Waals surface area contributed by atoms with Crippen molar-refractivity contribution in [3.8, 4) is 0 Å². The van der Waals surface area contributed by atoms with Crippen molar-refractivity contribution in [2.24, 2.45) is 10.8 Å². The Labute approximate surface area is 133 Å². The normalized spacial score (nSPS) is 16.6. The molecule has 0 saturated heterocycles. The van der Waals surface area contributed by atoms with Crippen LogP contribution in [0, 0.1) is 10.8 Å². The average molecular weight is 316 g/mol. The summed E-state index contributed by atoms with van der Waals surface area (Å²) in [5, 5.41) is 24.7. The van der Waals surface area contributed by atoms with Crippen LogP contribution >= 0.6 is 0 Å². The lowest BCUT2D eigenvalue weighted by atomic mass is 9.85. The Morgan fingerprint density at radius 2 is 1.55 bits per heavy atom. The number of carbonyl (C=O) groups is 2. The Morgan fingerprint density at radius 3 is 1.91 bits per heavy atom. The lowest BCUT2D eigenvalue weighted by Gasteiger charge is -2.30. The number of aliphatic hydroxyl groups is 2. The molecule has 0 aromatic heterocycles. The number of hydrogen-bond acceptors (Lipinski definition) is 4. The maximum Gasteiger partial charge on any atom is 0.242 e. The topological polar surface area (TPSA) is 98.7 Å². The van der Waals surface area contributed by atoms with Crippen molar-refractivity contribution in [3.63, 3.8) is 0 Å². The summed E-state index contributed by atoms with van der Waals surface area (Å²) < 4.78 is 0. The third kappa shape index (κ3) is 7.22. The van der Waals surface area contributed by atoms with Crippen molar-refractivity contribution in [1.82, 2.24) is 10.6 Å². The number of rotatable bonds is 6. The van der Waals surface area contributed by atoms with Crippen LogP contribution in [0.15, 0.2) is 0 Å². The molecule has 0 bridgehead atoms. The SMILES string of the molecule is C[C@H](NC(=O)C(C)(C)C)C(=O)N[C@H](CO)C[C@@H](O)C(C)(C)C. The molecule has 0 aliphatic rings. The molecule has 0 heterocycles. The van der Waals surface area contributed by atoms with Crippen LogP contribution < -0.4 is 10.6 Å². The molecular weight excluding hydrogens is 284 g/mol. The third-order valence-corrected chi connectivity index (χ3v) is 3.50. The minimum Gasteiger partial charge on any atom is -0.394 e. The molecule has 0 unspecified atom stereocenters. The summed E-state index contributed by atoms with van der Waals surface area (Å²) in [7, 11) is 0. The van der Waals surface area contributed by atoms with Gasteiger partial charge in [0.2, 0.25) is 11.8 Å². The summed E-state index contributed by atoms with van der Waals surface area (Å²) in [5.74, 6) is -0.594. The Bertz CT molecular complexity index is 383. The van der Waals surface area contributed by atoms with E-state index in [9.17, 15) is 19.8 Å². The molecule has 4 N–H and O–H groups in total. The zero-order valence-corrected chi connectivity index (χ0v) is 14.9. The summed E-state index contributed by atoms with van der Waals surface area (Å²) in [4.78, 5) is 24.0. The summed E-state index contributed by atoms with van der Waals surface area (Å²) in [6.45, 7) is 12.3. The largest absolute Gasteiger partial charge is 0.394 e. The highest BCUT2D eigenvalue weighted by atomic mass is 16.3. The van der Waals surface area contributed by atoms with Crippen LogP contribution in [0.2, 0.25) is 0 Å². The fourth-order valence-electron chi connectivity index (χ4n) is 1.61. The smallest absolute Gasteiger partial charge is 0.242 e. The average Bonchev–Trinajstić information content (AvgIpc) is 2.34. The molecule has 3 atom stereocenters. The number of hydrogen-bond donors (Lipinski definition) is 4. The van der Waals surface area contributed by atoms with Gasteiger partial charge in [0.1, 0.15) is 6.04 Å². The Morgan fingerprint density at radius 1 is 1.05 bits per heavy atom. The van der Waals surface area contributed by atoms with Crippen molar-refractivity contribution in [2.45, 2.75) is 73.1 Å². The first-order chi connectivity index (χ1) is 9.78. The van der Waals surface area contributed by atoms with Gasteiger partial charge in [0.05, 0.1) is 18.8 Å². The van der Waals surface area contributed by atoms with E-state index in [1.807, 2.05) is 20.8 Å². The van der Waals surface area contributed by atoms with E-state index < -0.39 is 23.6 Å². The van der Waals surface area contributed by atoms with E-state index in [0.717, 1.165) is 0 Å². The van der Waals surface area contributed by atoms with Gasteiger partial charge in [0.25, 0.3) is 0 Å². The predicted octanol–water partition coefficient (Wildman–Crippen LogP) is 0.811. The van der Waals surface area contributed by atoms with Crippen molar-refractivity contribution in [1.29, 1.82) is 0 Å². The number of carbonyl (C=O) groups excluding carboxylic acids is 2. The van der Waals surface area contributed by atoms with Gasteiger partial charge in [0.15, 0.2) is 0 Å². The van der Waals surface area contributed by atoms with Gasteiger partial charge < -0.3 is 20.8 Å². The lowest BCUT2D eigenvalue weighted by molar-refractivity contribution is -0.133. The molecule has 0 radical (unpaired) electrons. The highest BCUT2D eigenvalue weighted by molar-refractivity contribution is 5.89. The van der Waals surface area contributed by atoms with Gasteiger partial charge in [-0.15, -0.1) is 0 Å². The molecule has 130 valence electrons. The Kier molecular flexibility index (Phi) is 7.51. The monoisotopic (exact) mass is 316 g/mol. The lowest BCUT2D eigenvalue weighted by Crippen LogP contribution is -2.52. The second-order valence-electron chi connectivity index (χ2n) is 7.95. The molecule has 0 aromatic carbocycles. The molecule has 22 heavy (non-hydrogen) atoms. The summed E-state index contributed by atoms with van der Waals surface area (Å²) >= 11 is 0. The molecule has 0 rings (SSSR count). The van der Waals surface area contributed by atoms with Crippen molar-refractivity contribution in [2.75, 3.05) is 6.61 Å². The van der Waals surface area contributed by atoms with E-state index in [1.54, 1.807) is 27.7 Å². The third-order valence-electron chi connectivity index (χ3n) is 3.50. The second kappa shape index (κ2) is 7.92. The van der Waals surface area contributed by atoms with Gasteiger partial charge >= 0.3 is 0 Å². The van der Waals surface area contributed by atoms with Gasteiger partial charge in [-0.3, -0.25) is 9.59 Å². The van der Waals surface area contributed by atoms with E-state index in [4.69, 9.17) is 0 Å². The fourth-order valence-corrected chi connectivity index (χ4v) is 1.61. The molecule has 0 saturated carbocycles. The fraction of sp³-hybridized carbons (Fsp3) is 0.875. The summed E-state index contributed by atoms with van der Waals surface area (Å²) in [6.07, 6.45) is -0.393. The Balaban J connectivity index is 4.57. The van der Waals surface area contributed by atoms with E-state index in [-0.39, 0.29) is 30.3 Å². The number of aliphatic hydroxyl groups excluding tert-OH is 2. The van der Waals surface area contributed by atoms with E-state index in [1.165, 1.54) is 0 Å². The van der Waals surface area contributed by atoms with Gasteiger partial charge in [-0.2, -0.15) is 0 Å². The maximum atomic E-state index is 12.1. The van der Waals surface area contributed by atoms with Crippen LogP contribution in [0.4, 0.5) is 0 Å². The van der Waals surface area contributed by atoms with Crippen molar-refractivity contribution >= 4 is 11.8 Å². The first kappa shape index (κ1) is 20.9. The molecule has 0 aliphatic carbocycles. The molecule has 0 spiro atoms. The van der Waals surface area contributed by atoms with E-state index in [0.29, 0.717) is 0 Å². The van der Waals surface area contributed by atoms with E-state index >= 15 is 0 Å². The first-order valence-corrected chi connectivity index (χ1v) is 7.69. The van der Waals surface area contributed by atoms with Crippen molar-refractivity contribution in [3.05, 3.63) is 0 Å². The molecule has 6 heteroatoms. The molecule has 6 nitrogen and oxygen atoms in total. The van der Waals surface area contributed by atoms with Gasteiger partial charge in [-0.1, -0.05) is 41.5 Å². The quantitative estimate of drug-likeness (QED) is 0.583. The van der Waals surface area contributed by atoms with Crippen LogP contribution in [0.3, 0.4) is 0 Å². The van der Waals surface area contributed by atoms with Gasteiger partial charge in [0, 0.05) is 5.41 Å². The van der Waals surface area contributed by atoms with Crippen molar-refractivity contribution < 1.29 is 19.8 Å². The second-order valence-corrected chi connectivity index (χ2v) is 7.95. The molecular formula is C16H32N2O4. The van der Waals surface area contributed by atoms with Crippen LogP contribution in [-0.4, -0.2) is 46.8 Å². The van der Waals surface area contributed by atoms with Crippen LogP contribution in [0.1, 0.15) is 54.9 Å².